The van der Waals surface area contributed by atoms with Gasteiger partial charge in [0.05, 0.1) is 0 Å². The number of halogens is 1. The molecule has 0 nitrogen and oxygen atoms in total. The van der Waals surface area contributed by atoms with Crippen molar-refractivity contribution in [2.45, 2.75) is 41.5 Å². The molecule has 0 atom stereocenters. The number of hydrogen-bond acceptors (Lipinski definition) is 0. The van der Waals surface area contributed by atoms with Crippen molar-refractivity contribution in [3.8, 4) is 0 Å². The average molecular weight is 501 g/mol. The first-order valence-corrected chi connectivity index (χ1v) is 21.9. The van der Waals surface area contributed by atoms with Crippen LogP contribution in [0, 0.1) is 0 Å². The van der Waals surface area contributed by atoms with Gasteiger partial charge < -0.3 is 0 Å². The van der Waals surface area contributed by atoms with Crippen LogP contribution in [0.1, 0.15) is 41.5 Å². The van der Waals surface area contributed by atoms with E-state index in [1.54, 1.807) is 0 Å². The first-order valence-electron chi connectivity index (χ1n) is 6.48. The van der Waals surface area contributed by atoms with Crippen LogP contribution in [0.3, 0.4) is 0 Å². The van der Waals surface area contributed by atoms with Crippen LogP contribution in [-0.4, -0.2) is 34.5 Å². The molecular formula is C12H30ClPtS3. The van der Waals surface area contributed by atoms with E-state index in [9.17, 15) is 0 Å². The molecule has 5 heteroatoms. The Hall–Kier alpha value is 2.03. The summed E-state index contributed by atoms with van der Waals surface area (Å²) in [7, 11) is 7.07. The van der Waals surface area contributed by atoms with E-state index in [0.717, 1.165) is 0 Å². The van der Waals surface area contributed by atoms with Gasteiger partial charge in [-0.2, -0.15) is 0 Å². The van der Waals surface area contributed by atoms with Gasteiger partial charge in [-0.15, -0.1) is 0 Å². The fourth-order valence-electron chi connectivity index (χ4n) is 1.58. The molecule has 0 aromatic heterocycles. The first kappa shape index (κ1) is 19.0. The molecule has 0 bridgehead atoms. The van der Waals surface area contributed by atoms with E-state index in [0.29, 0.717) is 24.3 Å². The Morgan fingerprint density at radius 2 is 0.765 bits per heavy atom. The number of rotatable bonds is 6. The Morgan fingerprint density at radius 3 is 0.882 bits per heavy atom. The van der Waals surface area contributed by atoms with Crippen molar-refractivity contribution in [1.82, 2.24) is 0 Å². The van der Waals surface area contributed by atoms with Gasteiger partial charge in [-0.25, -0.2) is 0 Å². The van der Waals surface area contributed by atoms with Crippen molar-refractivity contribution in [2.24, 2.45) is 0 Å². The molecule has 0 aromatic carbocycles. The third kappa shape index (κ3) is 4.52. The molecule has 0 amide bonds. The molecule has 0 heterocycles. The molecule has 0 saturated carbocycles. The van der Waals surface area contributed by atoms with Gasteiger partial charge in [0.15, 0.2) is 0 Å². The Balaban J connectivity index is 6.78. The quantitative estimate of drug-likeness (QED) is 0.422. The molecule has 0 saturated heterocycles. The monoisotopic (exact) mass is 500 g/mol. The zero-order chi connectivity index (χ0) is 13.5. The Bertz CT molecular complexity index is 348. The topological polar surface area (TPSA) is 0 Å². The van der Waals surface area contributed by atoms with Crippen LogP contribution >= 0.6 is 33.7 Å². The first-order chi connectivity index (χ1) is 8.06. The molecule has 0 aromatic rings. The minimum atomic E-state index is -2.09. The van der Waals surface area contributed by atoms with Crippen molar-refractivity contribution in [1.29, 1.82) is 0 Å². The Labute approximate surface area is 118 Å². The summed E-state index contributed by atoms with van der Waals surface area (Å²) in [4.78, 5) is 0. The second kappa shape index (κ2) is 9.86. The fourth-order valence-corrected chi connectivity index (χ4v) is 73.3. The van der Waals surface area contributed by atoms with Gasteiger partial charge in [-0.1, -0.05) is 0 Å². The summed E-state index contributed by atoms with van der Waals surface area (Å²) >= 11 is 0. The van der Waals surface area contributed by atoms with Crippen LogP contribution in [0.25, 0.3) is 0 Å². The summed E-state index contributed by atoms with van der Waals surface area (Å²) in [5, 5.41) is 0. The van der Waals surface area contributed by atoms with Gasteiger partial charge in [0.1, 0.15) is 0 Å². The van der Waals surface area contributed by atoms with E-state index < -0.39 is 9.56 Å². The van der Waals surface area contributed by atoms with E-state index in [4.69, 9.17) is 9.42 Å². The van der Waals surface area contributed by atoms with Crippen LogP contribution in [0.2, 0.25) is 0 Å². The summed E-state index contributed by atoms with van der Waals surface area (Å²) in [6.07, 6.45) is 0. The van der Waals surface area contributed by atoms with Gasteiger partial charge in [0.2, 0.25) is 0 Å². The summed E-state index contributed by atoms with van der Waals surface area (Å²) in [5.74, 6) is 8.02. The van der Waals surface area contributed by atoms with Crippen molar-refractivity contribution in [2.75, 3.05) is 34.5 Å². The maximum absolute atomic E-state index is 7.46. The zero-order valence-corrected chi connectivity index (χ0v) is 17.6. The van der Waals surface area contributed by atoms with Crippen molar-refractivity contribution < 1.29 is 9.56 Å². The molecule has 0 radical (unpaired) electrons. The Morgan fingerprint density at radius 1 is 0.588 bits per heavy atom. The predicted octanol–water partition coefficient (Wildman–Crippen LogP) is 5.97. The van der Waals surface area contributed by atoms with Crippen molar-refractivity contribution >= 4 is 33.7 Å². The normalized spacial score (nSPS) is 14.0. The van der Waals surface area contributed by atoms with E-state index in [1.165, 1.54) is 34.5 Å². The summed E-state index contributed by atoms with van der Waals surface area (Å²) in [6.45, 7) is 14.2. The van der Waals surface area contributed by atoms with E-state index in [-0.39, 0.29) is 0 Å². The van der Waals surface area contributed by atoms with Crippen LogP contribution in [-0.2, 0) is 9.56 Å². The van der Waals surface area contributed by atoms with E-state index >= 15 is 0 Å². The fraction of sp³-hybridized carbons (Fsp3) is 1.00. The summed E-state index contributed by atoms with van der Waals surface area (Å²) in [6, 6.07) is 0. The Kier molecular flexibility index (Phi) is 11.0. The molecule has 17 heavy (non-hydrogen) atoms. The summed E-state index contributed by atoms with van der Waals surface area (Å²) in [5.41, 5.74) is 0. The van der Waals surface area contributed by atoms with Gasteiger partial charge >= 0.3 is 119 Å². The molecule has 0 fully saturated rings. The minimum absolute atomic E-state index is 0.569. The zero-order valence-electron chi connectivity index (χ0n) is 12.2. The van der Waals surface area contributed by atoms with Gasteiger partial charge in [0, 0.05) is 0 Å². The van der Waals surface area contributed by atoms with Crippen LogP contribution in [0.5, 0.6) is 0 Å². The van der Waals surface area contributed by atoms with Crippen LogP contribution in [0.15, 0.2) is 0 Å². The number of hydrogen-bond donors (Lipinski definition) is 0. The van der Waals surface area contributed by atoms with Crippen LogP contribution in [0.4, 0.5) is 0 Å². The average Bonchev–Trinajstić information content (AvgIpc) is 2.33. The molecule has 113 valence electrons. The predicted molar refractivity (Wildman–Crippen MR) is 91.9 cm³/mol. The molecule has 0 aliphatic rings. The molecule has 0 rings (SSSR count). The molecule has 0 N–H and O–H groups in total. The van der Waals surface area contributed by atoms with E-state index in [1.807, 2.05) is 0 Å². The van der Waals surface area contributed by atoms with Crippen molar-refractivity contribution in [3.63, 3.8) is 0 Å². The van der Waals surface area contributed by atoms with Gasteiger partial charge in [0.25, 0.3) is 0 Å². The molecule has 0 unspecified atom stereocenters. The van der Waals surface area contributed by atoms with Crippen molar-refractivity contribution in [3.05, 3.63) is 0 Å². The van der Waals surface area contributed by atoms with Crippen LogP contribution < -0.4 is 0 Å². The SMILES string of the molecule is CC[S](CC)=[Pt]([Cl])(=[S](CC)CC)=[S](CC)CC. The maximum atomic E-state index is 7.46. The second-order valence-electron chi connectivity index (χ2n) is 3.20. The van der Waals surface area contributed by atoms with Gasteiger partial charge in [-0.3, -0.25) is 0 Å². The van der Waals surface area contributed by atoms with E-state index in [2.05, 4.69) is 41.5 Å². The third-order valence-corrected chi connectivity index (χ3v) is 65.3. The molecule has 0 spiro atoms. The summed E-state index contributed by atoms with van der Waals surface area (Å²) < 4.78 is 0. The van der Waals surface area contributed by atoms with Gasteiger partial charge in [-0.05, 0) is 0 Å². The third-order valence-electron chi connectivity index (χ3n) is 2.43. The standard InChI is InChI=1S/3C4H10S.ClH.Pt/c3*1-3-5-4-2;;/h3*3-4H2,1-2H3;1H;/q;;;;+1/p-1. The molecule has 0 aliphatic carbocycles. The molecule has 0 aliphatic heterocycles. The molecular weight excluding hydrogens is 471 g/mol. The second-order valence-corrected chi connectivity index (χ2v) is 42.9.